The van der Waals surface area contributed by atoms with Crippen LogP contribution in [0.15, 0.2) is 12.1 Å². The Morgan fingerprint density at radius 1 is 1.33 bits per heavy atom. The fourth-order valence-electron chi connectivity index (χ4n) is 2.98. The predicted molar refractivity (Wildman–Crippen MR) is 85.6 cm³/mol. The molecule has 114 valence electrons. The van der Waals surface area contributed by atoms with Gasteiger partial charge in [0, 0.05) is 38.2 Å². The van der Waals surface area contributed by atoms with E-state index in [1.807, 2.05) is 0 Å². The number of aromatic nitrogens is 2. The van der Waals surface area contributed by atoms with Crippen LogP contribution in [0.5, 0.6) is 0 Å². The molecular formula is C17H25N3O. The average molecular weight is 287 g/mol. The quantitative estimate of drug-likeness (QED) is 0.796. The summed E-state index contributed by atoms with van der Waals surface area (Å²) < 4.78 is 7.29. The van der Waals surface area contributed by atoms with Crippen LogP contribution in [0.1, 0.15) is 36.1 Å². The third-order valence-electron chi connectivity index (χ3n) is 4.18. The first-order chi connectivity index (χ1) is 10.2. The van der Waals surface area contributed by atoms with Crippen molar-refractivity contribution in [2.45, 2.75) is 52.2 Å². The molecule has 0 bridgehead atoms. The van der Waals surface area contributed by atoms with Gasteiger partial charge in [-0.25, -0.2) is 0 Å². The number of nitrogens with one attached hydrogen (secondary N) is 1. The van der Waals surface area contributed by atoms with Gasteiger partial charge in [0.1, 0.15) is 0 Å². The van der Waals surface area contributed by atoms with Crippen molar-refractivity contribution < 1.29 is 4.74 Å². The first kappa shape index (κ1) is 14.5. The molecule has 0 aliphatic heterocycles. The molecule has 1 heterocycles. The van der Waals surface area contributed by atoms with E-state index in [-0.39, 0.29) is 0 Å². The smallest absolute Gasteiger partial charge is 0.0691 e. The lowest BCUT2D eigenvalue weighted by Gasteiger charge is -2.08. The monoisotopic (exact) mass is 287 g/mol. The largest absolute Gasteiger partial charge is 0.385 e. The lowest BCUT2D eigenvalue weighted by atomic mass is 10.1. The SMILES string of the molecule is COCCCn1nc(C)c2c(C)cc(CNC3CC3)cc21. The predicted octanol–water partition coefficient (Wildman–Crippen LogP) is 2.94. The highest BCUT2D eigenvalue weighted by molar-refractivity contribution is 5.86. The number of benzene rings is 1. The summed E-state index contributed by atoms with van der Waals surface area (Å²) in [5.41, 5.74) is 5.08. The molecule has 2 aromatic rings. The Bertz CT molecular complexity index is 628. The summed E-state index contributed by atoms with van der Waals surface area (Å²) in [6.07, 6.45) is 3.65. The van der Waals surface area contributed by atoms with Crippen molar-refractivity contribution in [1.29, 1.82) is 0 Å². The van der Waals surface area contributed by atoms with Crippen LogP contribution >= 0.6 is 0 Å². The number of aryl methyl sites for hydroxylation is 3. The standard InChI is InChI=1S/C17H25N3O/c1-12-9-14(11-18-15-5-6-15)10-16-17(12)13(2)19-20(16)7-4-8-21-3/h9-10,15,18H,4-8,11H2,1-3H3. The highest BCUT2D eigenvalue weighted by Gasteiger charge is 2.20. The van der Waals surface area contributed by atoms with Crippen LogP contribution in [0.3, 0.4) is 0 Å². The van der Waals surface area contributed by atoms with Crippen LogP contribution in [0.2, 0.25) is 0 Å². The second-order valence-corrected chi connectivity index (χ2v) is 6.12. The lowest BCUT2D eigenvalue weighted by Crippen LogP contribution is -2.15. The van der Waals surface area contributed by atoms with Gasteiger partial charge in [0.2, 0.25) is 0 Å². The van der Waals surface area contributed by atoms with E-state index in [1.54, 1.807) is 7.11 Å². The molecule has 21 heavy (non-hydrogen) atoms. The number of fused-ring (bicyclic) bond motifs is 1. The maximum atomic E-state index is 5.15. The fourth-order valence-corrected chi connectivity index (χ4v) is 2.98. The minimum absolute atomic E-state index is 0.745. The molecule has 1 N–H and O–H groups in total. The number of methoxy groups -OCH3 is 1. The van der Waals surface area contributed by atoms with Crippen molar-refractivity contribution >= 4 is 10.9 Å². The van der Waals surface area contributed by atoms with Crippen LogP contribution in [0.25, 0.3) is 10.9 Å². The van der Waals surface area contributed by atoms with Crippen molar-refractivity contribution in [3.63, 3.8) is 0 Å². The molecular weight excluding hydrogens is 262 g/mol. The molecule has 4 nitrogen and oxygen atoms in total. The minimum Gasteiger partial charge on any atom is -0.385 e. The number of ether oxygens (including phenoxy) is 1. The summed E-state index contributed by atoms with van der Waals surface area (Å²) in [6, 6.07) is 5.34. The van der Waals surface area contributed by atoms with Crippen molar-refractivity contribution in [2.24, 2.45) is 0 Å². The lowest BCUT2D eigenvalue weighted by molar-refractivity contribution is 0.189. The number of rotatable bonds is 7. The summed E-state index contributed by atoms with van der Waals surface area (Å²) in [4.78, 5) is 0. The third-order valence-corrected chi connectivity index (χ3v) is 4.18. The molecule has 0 amide bonds. The van der Waals surface area contributed by atoms with E-state index in [2.05, 4.69) is 36.0 Å². The zero-order chi connectivity index (χ0) is 14.8. The average Bonchev–Trinajstić information content (AvgIpc) is 3.22. The van der Waals surface area contributed by atoms with Gasteiger partial charge in [-0.15, -0.1) is 0 Å². The molecule has 0 spiro atoms. The third kappa shape index (κ3) is 3.27. The Hall–Kier alpha value is -1.39. The molecule has 1 aromatic heterocycles. The number of hydrogen-bond donors (Lipinski definition) is 1. The van der Waals surface area contributed by atoms with E-state index in [4.69, 9.17) is 9.84 Å². The van der Waals surface area contributed by atoms with Crippen molar-refractivity contribution in [2.75, 3.05) is 13.7 Å². The Labute approximate surface area is 126 Å². The normalized spacial score (nSPS) is 15.0. The molecule has 4 heteroatoms. The summed E-state index contributed by atoms with van der Waals surface area (Å²) in [7, 11) is 1.75. The van der Waals surface area contributed by atoms with E-state index in [0.717, 1.165) is 37.9 Å². The summed E-state index contributed by atoms with van der Waals surface area (Å²) in [6.45, 7) is 6.95. The molecule has 3 rings (SSSR count). The first-order valence-corrected chi connectivity index (χ1v) is 7.88. The second kappa shape index (κ2) is 6.16. The number of hydrogen-bond acceptors (Lipinski definition) is 3. The molecule has 0 saturated heterocycles. The van der Waals surface area contributed by atoms with Crippen molar-refractivity contribution in [1.82, 2.24) is 15.1 Å². The van der Waals surface area contributed by atoms with Crippen molar-refractivity contribution in [3.05, 3.63) is 29.0 Å². The maximum absolute atomic E-state index is 5.15. The van der Waals surface area contributed by atoms with E-state index >= 15 is 0 Å². The van der Waals surface area contributed by atoms with Gasteiger partial charge >= 0.3 is 0 Å². The van der Waals surface area contributed by atoms with Crippen LogP contribution in [-0.4, -0.2) is 29.5 Å². The maximum Gasteiger partial charge on any atom is 0.0691 e. The first-order valence-electron chi connectivity index (χ1n) is 7.88. The molecule has 1 saturated carbocycles. The van der Waals surface area contributed by atoms with Crippen LogP contribution in [0, 0.1) is 13.8 Å². The zero-order valence-electron chi connectivity index (χ0n) is 13.3. The van der Waals surface area contributed by atoms with E-state index in [9.17, 15) is 0 Å². The summed E-state index contributed by atoms with van der Waals surface area (Å²) >= 11 is 0. The van der Waals surface area contributed by atoms with Crippen LogP contribution in [-0.2, 0) is 17.8 Å². The Kier molecular flexibility index (Phi) is 4.27. The summed E-state index contributed by atoms with van der Waals surface area (Å²) in [5.74, 6) is 0. The van der Waals surface area contributed by atoms with Gasteiger partial charge in [-0.1, -0.05) is 6.07 Å². The molecule has 0 unspecified atom stereocenters. The fraction of sp³-hybridized carbons (Fsp3) is 0.588. The Morgan fingerprint density at radius 2 is 2.14 bits per heavy atom. The van der Waals surface area contributed by atoms with Gasteiger partial charge < -0.3 is 10.1 Å². The molecule has 1 aromatic carbocycles. The van der Waals surface area contributed by atoms with E-state index < -0.39 is 0 Å². The van der Waals surface area contributed by atoms with Gasteiger partial charge in [0.15, 0.2) is 0 Å². The van der Waals surface area contributed by atoms with Gasteiger partial charge in [-0.3, -0.25) is 4.68 Å². The highest BCUT2D eigenvalue weighted by atomic mass is 16.5. The topological polar surface area (TPSA) is 39.1 Å². The van der Waals surface area contributed by atoms with Crippen LogP contribution in [0.4, 0.5) is 0 Å². The van der Waals surface area contributed by atoms with Gasteiger partial charge in [-0.2, -0.15) is 5.10 Å². The Balaban J connectivity index is 1.87. The van der Waals surface area contributed by atoms with Gasteiger partial charge in [0.25, 0.3) is 0 Å². The second-order valence-electron chi connectivity index (χ2n) is 6.12. The van der Waals surface area contributed by atoms with Gasteiger partial charge in [0.05, 0.1) is 11.2 Å². The van der Waals surface area contributed by atoms with E-state index in [0.29, 0.717) is 0 Å². The molecule has 1 fully saturated rings. The summed E-state index contributed by atoms with van der Waals surface area (Å²) in [5, 5.41) is 9.61. The molecule has 1 aliphatic rings. The number of nitrogens with zero attached hydrogens (tertiary/aromatic N) is 2. The molecule has 1 aliphatic carbocycles. The van der Waals surface area contributed by atoms with Crippen LogP contribution < -0.4 is 5.32 Å². The highest BCUT2D eigenvalue weighted by Crippen LogP contribution is 2.25. The van der Waals surface area contributed by atoms with E-state index in [1.165, 1.54) is 34.9 Å². The minimum atomic E-state index is 0.745. The van der Waals surface area contributed by atoms with Crippen molar-refractivity contribution in [3.8, 4) is 0 Å². The van der Waals surface area contributed by atoms with Gasteiger partial charge in [-0.05, 0) is 50.3 Å². The Morgan fingerprint density at radius 3 is 2.86 bits per heavy atom. The zero-order valence-corrected chi connectivity index (χ0v) is 13.3. The molecule has 0 atom stereocenters. The molecule has 0 radical (unpaired) electrons.